The highest BCUT2D eigenvalue weighted by Crippen LogP contribution is 2.35. The summed E-state index contributed by atoms with van der Waals surface area (Å²) in [5.74, 6) is -1.14. The lowest BCUT2D eigenvalue weighted by Gasteiger charge is -2.14. The average Bonchev–Trinajstić information content (AvgIpc) is 2.84. The van der Waals surface area contributed by atoms with E-state index in [-0.39, 0.29) is 38.4 Å². The average molecular weight is 528 g/mol. The highest BCUT2D eigenvalue weighted by atomic mass is 35.5. The zero-order valence-electron chi connectivity index (χ0n) is 18.9. The molecular formula is C24H18ClN3O7S. The first kappa shape index (κ1) is 26.2. The molecule has 1 N–H and O–H groups in total. The van der Waals surface area contributed by atoms with Crippen LogP contribution in [0.15, 0.2) is 71.1 Å². The van der Waals surface area contributed by atoms with Crippen molar-refractivity contribution in [1.82, 2.24) is 0 Å². The van der Waals surface area contributed by atoms with Crippen molar-refractivity contribution >= 4 is 45.1 Å². The maximum Gasteiger partial charge on any atom is 0.339 e. The lowest BCUT2D eigenvalue weighted by Crippen LogP contribution is -2.14. The number of ether oxygens (including phenoxy) is 1. The second-order valence-electron chi connectivity index (χ2n) is 7.27. The number of nitrogens with one attached hydrogen (secondary N) is 1. The minimum Gasteiger partial charge on any atom is -0.493 e. The monoisotopic (exact) mass is 527 g/mol. The number of hydrogen-bond acceptors (Lipinski definition) is 8. The maximum atomic E-state index is 12.9. The maximum absolute atomic E-state index is 12.9. The second-order valence-corrected chi connectivity index (χ2v) is 9.23. The summed E-state index contributed by atoms with van der Waals surface area (Å²) in [5, 5.41) is 23.0. The first-order valence-electron chi connectivity index (χ1n) is 10.1. The standard InChI is InChI=1S/C24H18ClN3O7S/c1-15-6-9-19(10-7-15)36(32,33)35-23-16(4-3-5-22(23)34-2)12-17(14-26)24(29)27-21-13-18(28(30)31)8-11-20(21)25/h3-13H,1-2H3,(H,27,29)/b17-12+. The number of hydrogen-bond donors (Lipinski definition) is 1. The molecule has 0 aliphatic carbocycles. The van der Waals surface area contributed by atoms with Gasteiger partial charge in [-0.1, -0.05) is 41.4 Å². The normalized spacial score (nSPS) is 11.3. The number of carbonyl (C=O) groups is 1. The van der Waals surface area contributed by atoms with Crippen molar-refractivity contribution in [2.45, 2.75) is 11.8 Å². The predicted molar refractivity (Wildman–Crippen MR) is 132 cm³/mol. The molecule has 0 heterocycles. The van der Waals surface area contributed by atoms with Crippen LogP contribution in [0.5, 0.6) is 11.5 Å². The van der Waals surface area contributed by atoms with Crippen molar-refractivity contribution in [3.05, 3.63) is 92.5 Å². The quantitative estimate of drug-likeness (QED) is 0.143. The van der Waals surface area contributed by atoms with E-state index in [0.717, 1.165) is 23.8 Å². The number of methoxy groups -OCH3 is 1. The number of nitrogens with zero attached hydrogens (tertiary/aromatic N) is 2. The molecule has 10 nitrogen and oxygen atoms in total. The topological polar surface area (TPSA) is 149 Å². The fourth-order valence-electron chi connectivity index (χ4n) is 2.98. The number of amides is 1. The molecule has 1 amide bonds. The number of nitro groups is 1. The summed E-state index contributed by atoms with van der Waals surface area (Å²) in [5.41, 5.74) is 0.0525. The highest BCUT2D eigenvalue weighted by molar-refractivity contribution is 7.87. The van der Waals surface area contributed by atoms with E-state index in [9.17, 15) is 28.6 Å². The van der Waals surface area contributed by atoms with Crippen LogP contribution in [0, 0.1) is 28.4 Å². The molecule has 0 aliphatic heterocycles. The van der Waals surface area contributed by atoms with Gasteiger partial charge in [0.05, 0.1) is 22.7 Å². The molecule has 0 radical (unpaired) electrons. The fourth-order valence-corrected chi connectivity index (χ4v) is 4.10. The summed E-state index contributed by atoms with van der Waals surface area (Å²) in [6.07, 6.45) is 1.10. The van der Waals surface area contributed by atoms with E-state index in [1.807, 2.05) is 0 Å². The summed E-state index contributed by atoms with van der Waals surface area (Å²) in [6.45, 7) is 1.80. The minimum atomic E-state index is -4.29. The van der Waals surface area contributed by atoms with Gasteiger partial charge in [-0.05, 0) is 37.3 Å². The minimum absolute atomic E-state index is 0.0147. The summed E-state index contributed by atoms with van der Waals surface area (Å²) >= 11 is 6.02. The SMILES string of the molecule is COc1cccc(/C=C(\C#N)C(=O)Nc2cc([N+](=O)[O-])ccc2Cl)c1OS(=O)(=O)c1ccc(C)cc1. The van der Waals surface area contributed by atoms with Crippen LogP contribution in [0.4, 0.5) is 11.4 Å². The second kappa shape index (κ2) is 10.9. The number of nitriles is 1. The van der Waals surface area contributed by atoms with Crippen LogP contribution in [-0.4, -0.2) is 26.4 Å². The Morgan fingerprint density at radius 1 is 1.17 bits per heavy atom. The third-order valence-corrected chi connectivity index (χ3v) is 6.37. The lowest BCUT2D eigenvalue weighted by atomic mass is 10.1. The number of halogens is 1. The van der Waals surface area contributed by atoms with Gasteiger partial charge in [-0.25, -0.2) is 0 Å². The summed E-state index contributed by atoms with van der Waals surface area (Å²) < 4.78 is 36.3. The Morgan fingerprint density at radius 3 is 2.47 bits per heavy atom. The van der Waals surface area contributed by atoms with Gasteiger partial charge in [0.2, 0.25) is 0 Å². The van der Waals surface area contributed by atoms with Crippen LogP contribution in [0.25, 0.3) is 6.08 Å². The summed E-state index contributed by atoms with van der Waals surface area (Å²) in [6, 6.07) is 15.5. The van der Waals surface area contributed by atoms with E-state index >= 15 is 0 Å². The van der Waals surface area contributed by atoms with Crippen molar-refractivity contribution in [3.63, 3.8) is 0 Å². The molecule has 0 fully saturated rings. The van der Waals surface area contributed by atoms with Crippen LogP contribution in [0.1, 0.15) is 11.1 Å². The smallest absolute Gasteiger partial charge is 0.339 e. The number of anilines is 1. The first-order valence-corrected chi connectivity index (χ1v) is 11.9. The Bertz CT molecular complexity index is 1510. The van der Waals surface area contributed by atoms with Gasteiger partial charge < -0.3 is 14.2 Å². The Labute approximate surface area is 211 Å². The van der Waals surface area contributed by atoms with E-state index < -0.39 is 26.5 Å². The van der Waals surface area contributed by atoms with E-state index in [1.165, 1.54) is 43.5 Å². The third-order valence-electron chi connectivity index (χ3n) is 4.81. The zero-order chi connectivity index (χ0) is 26.5. The number of nitro benzene ring substituents is 1. The molecule has 0 spiro atoms. The molecule has 36 heavy (non-hydrogen) atoms. The van der Waals surface area contributed by atoms with Gasteiger partial charge in [-0.15, -0.1) is 0 Å². The van der Waals surface area contributed by atoms with Gasteiger partial charge in [0, 0.05) is 17.7 Å². The molecule has 0 aromatic heterocycles. The van der Waals surface area contributed by atoms with Crippen LogP contribution >= 0.6 is 11.6 Å². The largest absolute Gasteiger partial charge is 0.493 e. The van der Waals surface area contributed by atoms with Gasteiger partial charge >= 0.3 is 10.1 Å². The van der Waals surface area contributed by atoms with Crippen LogP contribution in [0.3, 0.4) is 0 Å². The predicted octanol–water partition coefficient (Wildman–Crippen LogP) is 4.88. The number of rotatable bonds is 8. The van der Waals surface area contributed by atoms with Crippen LogP contribution < -0.4 is 14.2 Å². The number of aryl methyl sites for hydroxylation is 1. The van der Waals surface area contributed by atoms with Crippen molar-refractivity contribution in [3.8, 4) is 17.6 Å². The molecule has 3 aromatic rings. The molecule has 0 unspecified atom stereocenters. The van der Waals surface area contributed by atoms with E-state index in [4.69, 9.17) is 20.5 Å². The van der Waals surface area contributed by atoms with E-state index in [1.54, 1.807) is 25.1 Å². The Balaban J connectivity index is 2.00. The zero-order valence-corrected chi connectivity index (χ0v) is 20.5. The van der Waals surface area contributed by atoms with Gasteiger partial charge in [0.1, 0.15) is 16.5 Å². The first-order chi connectivity index (χ1) is 17.1. The van der Waals surface area contributed by atoms with Crippen LogP contribution in [-0.2, 0) is 14.9 Å². The molecular weight excluding hydrogens is 510 g/mol. The van der Waals surface area contributed by atoms with Crippen molar-refractivity contribution in [2.75, 3.05) is 12.4 Å². The number of benzene rings is 3. The van der Waals surface area contributed by atoms with Crippen molar-refractivity contribution in [1.29, 1.82) is 5.26 Å². The van der Waals surface area contributed by atoms with Crippen molar-refractivity contribution < 1.29 is 27.1 Å². The van der Waals surface area contributed by atoms with Gasteiger partial charge in [-0.3, -0.25) is 14.9 Å². The Morgan fingerprint density at radius 2 is 1.86 bits per heavy atom. The molecule has 0 saturated carbocycles. The molecule has 0 atom stereocenters. The molecule has 3 rings (SSSR count). The lowest BCUT2D eigenvalue weighted by molar-refractivity contribution is -0.384. The van der Waals surface area contributed by atoms with E-state index in [2.05, 4.69) is 5.32 Å². The van der Waals surface area contributed by atoms with Gasteiger partial charge in [-0.2, -0.15) is 13.7 Å². The molecule has 184 valence electrons. The number of para-hydroxylation sites is 1. The summed E-state index contributed by atoms with van der Waals surface area (Å²) in [7, 11) is -2.99. The Kier molecular flexibility index (Phi) is 7.93. The Hall–Kier alpha value is -4.40. The van der Waals surface area contributed by atoms with Crippen LogP contribution in [0.2, 0.25) is 5.02 Å². The van der Waals surface area contributed by atoms with E-state index in [0.29, 0.717) is 0 Å². The molecule has 12 heteroatoms. The molecule has 0 bridgehead atoms. The number of carbonyl (C=O) groups excluding carboxylic acids is 1. The summed E-state index contributed by atoms with van der Waals surface area (Å²) in [4.78, 5) is 23.0. The van der Waals surface area contributed by atoms with Gasteiger partial charge in [0.15, 0.2) is 11.5 Å². The molecule has 0 saturated heterocycles. The highest BCUT2D eigenvalue weighted by Gasteiger charge is 2.22. The molecule has 3 aromatic carbocycles. The van der Waals surface area contributed by atoms with Gasteiger partial charge in [0.25, 0.3) is 11.6 Å². The van der Waals surface area contributed by atoms with Crippen molar-refractivity contribution in [2.24, 2.45) is 0 Å². The number of non-ortho nitro benzene ring substituents is 1. The fraction of sp³-hybridized carbons (Fsp3) is 0.0833. The molecule has 0 aliphatic rings. The third kappa shape index (κ3) is 5.99.